The molecule has 1 fully saturated rings. The molecule has 1 saturated heterocycles. The van der Waals surface area contributed by atoms with E-state index in [0.29, 0.717) is 0 Å². The van der Waals surface area contributed by atoms with Crippen LogP contribution in [0.5, 0.6) is 0 Å². The van der Waals surface area contributed by atoms with Crippen LogP contribution in [-0.2, 0) is 13.8 Å². The Morgan fingerprint density at radius 2 is 2.05 bits per heavy atom. The number of aliphatic hydroxyl groups excluding tert-OH is 2. The van der Waals surface area contributed by atoms with Crippen molar-refractivity contribution < 1.29 is 33.8 Å². The Balaban J connectivity index is 0.00000242. The van der Waals surface area contributed by atoms with E-state index in [1.807, 2.05) is 0 Å². The van der Waals surface area contributed by atoms with Crippen LogP contribution in [-0.4, -0.2) is 78.3 Å². The van der Waals surface area contributed by atoms with Crippen LogP contribution >= 0.6 is 7.82 Å². The molecule has 1 aromatic rings. The largest absolute Gasteiger partial charge is 0.469 e. The number of phosphoric ester groups is 1. The molecule has 0 spiro atoms. The number of aromatic nitrogens is 3. The van der Waals surface area contributed by atoms with Gasteiger partial charge in [-0.05, 0) is 0 Å². The van der Waals surface area contributed by atoms with E-state index in [1.165, 1.54) is 0 Å². The zero-order valence-corrected chi connectivity index (χ0v) is 12.3. The van der Waals surface area contributed by atoms with Gasteiger partial charge in [-0.25, -0.2) is 14.3 Å². The van der Waals surface area contributed by atoms with Crippen LogP contribution in [0.25, 0.3) is 0 Å². The standard InChI is InChI=1S/C8H13N4O8P.Li/c9-7-10-2-12(8(15)11-7)6-5(14)4(13)3(20-6)1-19-21(16,17)18;/h2-6,13-14H,1H2,(H2,9,11,15)(H2,16,17,18);. The van der Waals surface area contributed by atoms with Crippen molar-refractivity contribution in [1.82, 2.24) is 14.5 Å². The molecule has 1 radical (unpaired) electrons. The number of nitrogen functional groups attached to an aromatic ring is 1. The SMILES string of the molecule is Nc1ncn(C2OC(COP(=O)(O)O)C(O)C2O)c(=O)n1.[Li]. The maximum absolute atomic E-state index is 11.6. The van der Waals surface area contributed by atoms with Crippen LogP contribution < -0.4 is 11.4 Å². The number of nitrogens with two attached hydrogens (primary N) is 1. The minimum atomic E-state index is -4.75. The van der Waals surface area contributed by atoms with Gasteiger partial charge in [-0.1, -0.05) is 0 Å². The van der Waals surface area contributed by atoms with E-state index in [1.54, 1.807) is 0 Å². The van der Waals surface area contributed by atoms with E-state index in [0.717, 1.165) is 10.9 Å². The average Bonchev–Trinajstić information content (AvgIpc) is 2.64. The Morgan fingerprint density at radius 1 is 1.41 bits per heavy atom. The molecule has 4 atom stereocenters. The van der Waals surface area contributed by atoms with Crippen molar-refractivity contribution >= 4 is 32.6 Å². The van der Waals surface area contributed by atoms with Crippen molar-refractivity contribution in [2.45, 2.75) is 24.5 Å². The monoisotopic (exact) mass is 331 g/mol. The van der Waals surface area contributed by atoms with Gasteiger partial charge in [0.2, 0.25) is 5.95 Å². The van der Waals surface area contributed by atoms with Gasteiger partial charge in [-0.2, -0.15) is 4.98 Å². The molecule has 0 bridgehead atoms. The van der Waals surface area contributed by atoms with Gasteiger partial charge >= 0.3 is 13.5 Å². The first-order valence-electron chi connectivity index (χ1n) is 5.61. The van der Waals surface area contributed by atoms with Gasteiger partial charge in [0.1, 0.15) is 24.6 Å². The van der Waals surface area contributed by atoms with E-state index >= 15 is 0 Å². The third-order valence-corrected chi connectivity index (χ3v) is 3.25. The molecule has 1 aliphatic rings. The first-order valence-corrected chi connectivity index (χ1v) is 7.14. The normalized spacial score (nSPS) is 28.4. The average molecular weight is 331 g/mol. The maximum Gasteiger partial charge on any atom is 0.469 e. The summed E-state index contributed by atoms with van der Waals surface area (Å²) in [5, 5.41) is 19.6. The fourth-order valence-electron chi connectivity index (χ4n) is 1.80. The second-order valence-electron chi connectivity index (χ2n) is 4.24. The zero-order valence-electron chi connectivity index (χ0n) is 11.4. The third kappa shape index (κ3) is 4.36. The Hall–Kier alpha value is -0.803. The number of hydrogen-bond acceptors (Lipinski definition) is 9. The Bertz CT molecular complexity index is 622. The smallest absolute Gasteiger partial charge is 0.387 e. The quantitative estimate of drug-likeness (QED) is 0.272. The molecule has 0 aromatic carbocycles. The van der Waals surface area contributed by atoms with Crippen LogP contribution in [0.1, 0.15) is 6.23 Å². The minimum Gasteiger partial charge on any atom is -0.387 e. The molecule has 0 aliphatic carbocycles. The van der Waals surface area contributed by atoms with Gasteiger partial charge in [-0.3, -0.25) is 9.09 Å². The Labute approximate surface area is 135 Å². The summed E-state index contributed by atoms with van der Waals surface area (Å²) in [6, 6.07) is 0. The topological polar surface area (TPSA) is 190 Å². The van der Waals surface area contributed by atoms with Gasteiger partial charge in [0.05, 0.1) is 6.61 Å². The number of aliphatic hydroxyl groups is 2. The Morgan fingerprint density at radius 3 is 2.59 bits per heavy atom. The van der Waals surface area contributed by atoms with E-state index in [2.05, 4.69) is 14.5 Å². The minimum absolute atomic E-state index is 0. The molecule has 1 aromatic heterocycles. The first kappa shape index (κ1) is 19.2. The second kappa shape index (κ2) is 7.18. The molecule has 119 valence electrons. The molecule has 2 heterocycles. The molecule has 6 N–H and O–H groups in total. The summed E-state index contributed by atoms with van der Waals surface area (Å²) >= 11 is 0. The molecule has 0 amide bonds. The molecule has 22 heavy (non-hydrogen) atoms. The number of phosphoric acid groups is 1. The van der Waals surface area contributed by atoms with E-state index < -0.39 is 44.7 Å². The van der Waals surface area contributed by atoms with E-state index in [4.69, 9.17) is 20.3 Å². The molecule has 14 heteroatoms. The summed E-state index contributed by atoms with van der Waals surface area (Å²) in [7, 11) is -4.75. The predicted molar refractivity (Wildman–Crippen MR) is 70.4 cm³/mol. The fourth-order valence-corrected chi connectivity index (χ4v) is 2.14. The first-order chi connectivity index (χ1) is 9.69. The summed E-state index contributed by atoms with van der Waals surface area (Å²) in [5.41, 5.74) is 4.35. The Kier molecular flexibility index (Phi) is 6.28. The van der Waals surface area contributed by atoms with Crippen molar-refractivity contribution in [3.05, 3.63) is 16.8 Å². The van der Waals surface area contributed by atoms with Gasteiger partial charge in [-0.15, -0.1) is 0 Å². The van der Waals surface area contributed by atoms with Crippen LogP contribution in [0.2, 0.25) is 0 Å². The van der Waals surface area contributed by atoms with Gasteiger partial charge in [0.25, 0.3) is 0 Å². The summed E-state index contributed by atoms with van der Waals surface area (Å²) in [6.45, 7) is -0.677. The maximum atomic E-state index is 11.6. The number of nitrogens with zero attached hydrogens (tertiary/aromatic N) is 3. The van der Waals surface area contributed by atoms with Crippen LogP contribution in [0.4, 0.5) is 5.95 Å². The van der Waals surface area contributed by atoms with Gasteiger partial charge in [0, 0.05) is 18.9 Å². The summed E-state index contributed by atoms with van der Waals surface area (Å²) < 4.78 is 20.8. The van der Waals surface area contributed by atoms with Crippen molar-refractivity contribution in [2.75, 3.05) is 12.3 Å². The molecular formula is C8H13LiN4O8P. The van der Waals surface area contributed by atoms with Gasteiger partial charge < -0.3 is 30.5 Å². The predicted octanol–water partition coefficient (Wildman–Crippen LogP) is -3.43. The van der Waals surface area contributed by atoms with Crippen molar-refractivity contribution in [3.63, 3.8) is 0 Å². The molecule has 2 rings (SSSR count). The van der Waals surface area contributed by atoms with E-state index in [-0.39, 0.29) is 24.8 Å². The molecule has 4 unspecified atom stereocenters. The zero-order chi connectivity index (χ0) is 15.8. The van der Waals surface area contributed by atoms with Crippen molar-refractivity contribution in [2.24, 2.45) is 0 Å². The van der Waals surface area contributed by atoms with Gasteiger partial charge in [0.15, 0.2) is 6.23 Å². The fraction of sp³-hybridized carbons (Fsp3) is 0.625. The summed E-state index contributed by atoms with van der Waals surface area (Å²) in [4.78, 5) is 35.7. The van der Waals surface area contributed by atoms with Crippen molar-refractivity contribution in [3.8, 4) is 0 Å². The molecule has 0 saturated carbocycles. The number of hydrogen-bond donors (Lipinski definition) is 5. The summed E-state index contributed by atoms with van der Waals surface area (Å²) in [6.07, 6.45) is -4.68. The third-order valence-electron chi connectivity index (χ3n) is 2.76. The molecule has 1 aliphatic heterocycles. The second-order valence-corrected chi connectivity index (χ2v) is 5.48. The van der Waals surface area contributed by atoms with Crippen molar-refractivity contribution in [1.29, 1.82) is 0 Å². The van der Waals surface area contributed by atoms with Crippen LogP contribution in [0.3, 0.4) is 0 Å². The molecule has 12 nitrogen and oxygen atoms in total. The summed E-state index contributed by atoms with van der Waals surface area (Å²) in [5.74, 6) is -0.273. The van der Waals surface area contributed by atoms with Crippen LogP contribution in [0.15, 0.2) is 11.1 Å². The van der Waals surface area contributed by atoms with E-state index in [9.17, 15) is 19.6 Å². The van der Waals surface area contributed by atoms with Crippen LogP contribution in [0, 0.1) is 0 Å². The number of anilines is 1. The number of ether oxygens (including phenoxy) is 1. The molecular weight excluding hydrogens is 318 g/mol. The number of rotatable bonds is 4.